The van der Waals surface area contributed by atoms with E-state index in [2.05, 4.69) is 49.9 Å². The first-order chi connectivity index (χ1) is 10.0. The molecular weight excluding hydrogens is 258 g/mol. The number of piperidine rings is 1. The summed E-state index contributed by atoms with van der Waals surface area (Å²) in [6, 6.07) is 8.75. The molecule has 116 valence electrons. The van der Waals surface area contributed by atoms with Crippen LogP contribution in [0.3, 0.4) is 0 Å². The summed E-state index contributed by atoms with van der Waals surface area (Å²) >= 11 is 0. The Morgan fingerprint density at radius 1 is 1.19 bits per heavy atom. The standard InChI is InChI=1S/C19H29NO/c1-4-19(3)9-11-20(12-10-19)17-13-14(2)15-7-5-6-8-16(15)18(17)21/h5-8,14,17-18,21H,4,9-13H2,1-3H3. The van der Waals surface area contributed by atoms with Crippen molar-refractivity contribution in [2.75, 3.05) is 13.1 Å². The van der Waals surface area contributed by atoms with Crippen molar-refractivity contribution in [2.45, 2.75) is 64.5 Å². The highest BCUT2D eigenvalue weighted by atomic mass is 16.3. The molecule has 1 aliphatic heterocycles. The first-order valence-electron chi connectivity index (χ1n) is 8.55. The highest BCUT2D eigenvalue weighted by Gasteiger charge is 2.38. The number of hydrogen-bond donors (Lipinski definition) is 1. The van der Waals surface area contributed by atoms with Gasteiger partial charge in [-0.3, -0.25) is 4.90 Å². The highest BCUT2D eigenvalue weighted by molar-refractivity contribution is 5.35. The Labute approximate surface area is 129 Å². The number of hydrogen-bond acceptors (Lipinski definition) is 2. The van der Waals surface area contributed by atoms with Crippen LogP contribution < -0.4 is 0 Å². The summed E-state index contributed by atoms with van der Waals surface area (Å²) in [5.41, 5.74) is 3.02. The molecule has 1 N–H and O–H groups in total. The molecule has 1 aliphatic carbocycles. The Morgan fingerprint density at radius 3 is 2.43 bits per heavy atom. The first kappa shape index (κ1) is 15.1. The second-order valence-electron chi connectivity index (χ2n) is 7.48. The average Bonchev–Trinajstić information content (AvgIpc) is 2.52. The van der Waals surface area contributed by atoms with Crippen molar-refractivity contribution < 1.29 is 5.11 Å². The minimum atomic E-state index is -0.316. The molecule has 3 rings (SSSR count). The Kier molecular flexibility index (Phi) is 4.11. The van der Waals surface area contributed by atoms with Crippen molar-refractivity contribution in [1.29, 1.82) is 0 Å². The summed E-state index contributed by atoms with van der Waals surface area (Å²) < 4.78 is 0. The van der Waals surface area contributed by atoms with Gasteiger partial charge in [0.1, 0.15) is 0 Å². The van der Waals surface area contributed by atoms with Gasteiger partial charge in [-0.25, -0.2) is 0 Å². The number of likely N-dealkylation sites (tertiary alicyclic amines) is 1. The van der Waals surface area contributed by atoms with Gasteiger partial charge >= 0.3 is 0 Å². The maximum atomic E-state index is 10.8. The summed E-state index contributed by atoms with van der Waals surface area (Å²) in [5, 5.41) is 10.8. The van der Waals surface area contributed by atoms with Crippen LogP contribution in [0.1, 0.15) is 69.6 Å². The lowest BCUT2D eigenvalue weighted by Gasteiger charge is -2.46. The van der Waals surface area contributed by atoms with E-state index in [4.69, 9.17) is 0 Å². The number of benzene rings is 1. The number of fused-ring (bicyclic) bond motifs is 1. The average molecular weight is 287 g/mol. The van der Waals surface area contributed by atoms with E-state index < -0.39 is 0 Å². The molecule has 0 radical (unpaired) electrons. The molecule has 1 fully saturated rings. The largest absolute Gasteiger partial charge is 0.387 e. The number of rotatable bonds is 2. The molecule has 0 bridgehead atoms. The van der Waals surface area contributed by atoms with E-state index in [9.17, 15) is 5.11 Å². The first-order valence-corrected chi connectivity index (χ1v) is 8.55. The lowest BCUT2D eigenvalue weighted by atomic mass is 9.75. The predicted octanol–water partition coefficient (Wildman–Crippen LogP) is 4.11. The molecule has 1 heterocycles. The van der Waals surface area contributed by atoms with E-state index >= 15 is 0 Å². The lowest BCUT2D eigenvalue weighted by Crippen LogP contribution is -2.48. The maximum absolute atomic E-state index is 10.8. The van der Waals surface area contributed by atoms with E-state index in [1.54, 1.807) is 0 Å². The smallest absolute Gasteiger partial charge is 0.0948 e. The van der Waals surface area contributed by atoms with Crippen LogP contribution in [0.5, 0.6) is 0 Å². The second kappa shape index (κ2) is 5.73. The molecule has 2 nitrogen and oxygen atoms in total. The SMILES string of the molecule is CCC1(C)CCN(C2CC(C)c3ccccc3C2O)CC1. The van der Waals surface area contributed by atoms with Crippen LogP contribution in [0.4, 0.5) is 0 Å². The van der Waals surface area contributed by atoms with Gasteiger partial charge in [0.2, 0.25) is 0 Å². The van der Waals surface area contributed by atoms with Crippen LogP contribution in [-0.2, 0) is 0 Å². The molecule has 0 spiro atoms. The van der Waals surface area contributed by atoms with Gasteiger partial charge in [-0.15, -0.1) is 0 Å². The molecule has 2 aliphatic rings. The lowest BCUT2D eigenvalue weighted by molar-refractivity contribution is -0.00223. The summed E-state index contributed by atoms with van der Waals surface area (Å²) in [7, 11) is 0. The third-order valence-corrected chi connectivity index (χ3v) is 6.13. The van der Waals surface area contributed by atoms with Crippen LogP contribution in [0, 0.1) is 5.41 Å². The molecule has 3 unspecified atom stereocenters. The van der Waals surface area contributed by atoms with Crippen LogP contribution in [0.15, 0.2) is 24.3 Å². The summed E-state index contributed by atoms with van der Waals surface area (Å²) in [4.78, 5) is 2.55. The van der Waals surface area contributed by atoms with E-state index in [-0.39, 0.29) is 6.10 Å². The Balaban J connectivity index is 1.76. The van der Waals surface area contributed by atoms with E-state index in [1.807, 2.05) is 0 Å². The molecule has 1 aromatic rings. The molecule has 21 heavy (non-hydrogen) atoms. The zero-order valence-corrected chi connectivity index (χ0v) is 13.7. The second-order valence-corrected chi connectivity index (χ2v) is 7.48. The molecule has 1 saturated heterocycles. The van der Waals surface area contributed by atoms with Crippen molar-refractivity contribution in [2.24, 2.45) is 5.41 Å². The van der Waals surface area contributed by atoms with Gasteiger partial charge in [-0.2, -0.15) is 0 Å². The van der Waals surface area contributed by atoms with Gasteiger partial charge < -0.3 is 5.11 Å². The van der Waals surface area contributed by atoms with Crippen molar-refractivity contribution in [3.63, 3.8) is 0 Å². The fourth-order valence-corrected chi connectivity index (χ4v) is 4.15. The Morgan fingerprint density at radius 2 is 1.81 bits per heavy atom. The molecule has 2 heteroatoms. The molecule has 0 aromatic heterocycles. The Bertz CT molecular complexity index is 490. The fraction of sp³-hybridized carbons (Fsp3) is 0.684. The van der Waals surface area contributed by atoms with Crippen LogP contribution >= 0.6 is 0 Å². The van der Waals surface area contributed by atoms with Crippen molar-refractivity contribution in [3.8, 4) is 0 Å². The normalized spacial score (nSPS) is 32.7. The van der Waals surface area contributed by atoms with Crippen molar-refractivity contribution in [1.82, 2.24) is 4.90 Å². The number of nitrogens with zero attached hydrogens (tertiary/aromatic N) is 1. The van der Waals surface area contributed by atoms with Gasteiger partial charge in [-0.1, -0.05) is 51.5 Å². The van der Waals surface area contributed by atoms with Gasteiger partial charge in [-0.05, 0) is 54.8 Å². The van der Waals surface area contributed by atoms with Crippen molar-refractivity contribution in [3.05, 3.63) is 35.4 Å². The maximum Gasteiger partial charge on any atom is 0.0948 e. The summed E-state index contributed by atoms with van der Waals surface area (Å²) in [6.07, 6.45) is 4.57. The Hall–Kier alpha value is -0.860. The van der Waals surface area contributed by atoms with Gasteiger partial charge in [0.05, 0.1) is 6.10 Å². The van der Waals surface area contributed by atoms with Crippen LogP contribution in [0.25, 0.3) is 0 Å². The van der Waals surface area contributed by atoms with Crippen molar-refractivity contribution >= 4 is 0 Å². The molecule has 3 atom stereocenters. The minimum absolute atomic E-state index is 0.302. The third-order valence-electron chi connectivity index (χ3n) is 6.13. The molecular formula is C19H29NO. The molecule has 0 saturated carbocycles. The summed E-state index contributed by atoms with van der Waals surface area (Å²) in [5.74, 6) is 0.550. The highest BCUT2D eigenvalue weighted by Crippen LogP contribution is 2.42. The van der Waals surface area contributed by atoms with E-state index in [1.165, 1.54) is 24.8 Å². The van der Waals surface area contributed by atoms with Gasteiger partial charge in [0.25, 0.3) is 0 Å². The van der Waals surface area contributed by atoms with E-state index in [0.717, 1.165) is 25.1 Å². The van der Waals surface area contributed by atoms with Gasteiger partial charge in [0, 0.05) is 6.04 Å². The predicted molar refractivity (Wildman–Crippen MR) is 87.4 cm³/mol. The number of aliphatic hydroxyl groups is 1. The minimum Gasteiger partial charge on any atom is -0.387 e. The van der Waals surface area contributed by atoms with E-state index in [0.29, 0.717) is 17.4 Å². The fourth-order valence-electron chi connectivity index (χ4n) is 4.15. The van der Waals surface area contributed by atoms with Crippen LogP contribution in [-0.4, -0.2) is 29.1 Å². The quantitative estimate of drug-likeness (QED) is 0.885. The van der Waals surface area contributed by atoms with Crippen LogP contribution in [0.2, 0.25) is 0 Å². The number of aliphatic hydroxyl groups excluding tert-OH is 1. The van der Waals surface area contributed by atoms with Gasteiger partial charge in [0.15, 0.2) is 0 Å². The molecule has 1 aromatic carbocycles. The zero-order valence-electron chi connectivity index (χ0n) is 13.7. The monoisotopic (exact) mass is 287 g/mol. The topological polar surface area (TPSA) is 23.5 Å². The summed E-state index contributed by atoms with van der Waals surface area (Å²) in [6.45, 7) is 9.31. The third kappa shape index (κ3) is 2.76. The molecule has 0 amide bonds. The zero-order chi connectivity index (χ0) is 15.0.